The molecule has 1 unspecified atom stereocenters. The molecule has 2 aliphatic heterocycles. The second kappa shape index (κ2) is 10.7. The van der Waals surface area contributed by atoms with Crippen LogP contribution in [0.1, 0.15) is 35.0 Å². The fourth-order valence-corrected chi connectivity index (χ4v) is 5.36. The van der Waals surface area contributed by atoms with Gasteiger partial charge in [-0.25, -0.2) is 0 Å². The lowest BCUT2D eigenvalue weighted by Gasteiger charge is -2.39. The van der Waals surface area contributed by atoms with Crippen molar-refractivity contribution in [2.24, 2.45) is 0 Å². The Labute approximate surface area is 208 Å². The van der Waals surface area contributed by atoms with Gasteiger partial charge in [-0.15, -0.1) is 11.6 Å². The van der Waals surface area contributed by atoms with Crippen molar-refractivity contribution in [2.45, 2.75) is 38.3 Å². The van der Waals surface area contributed by atoms with Crippen molar-refractivity contribution in [3.63, 3.8) is 0 Å². The number of methoxy groups -OCH3 is 1. The number of hydrogen-bond donors (Lipinski definition) is 0. The van der Waals surface area contributed by atoms with Crippen LogP contribution in [-0.2, 0) is 0 Å². The summed E-state index contributed by atoms with van der Waals surface area (Å²) in [5, 5.41) is 0.634. The summed E-state index contributed by atoms with van der Waals surface area (Å²) in [6, 6.07) is 10.2. The number of likely N-dealkylation sites (tertiary alicyclic amines) is 1. The maximum absolute atomic E-state index is 7.01. The molecule has 4 rings (SSSR count). The summed E-state index contributed by atoms with van der Waals surface area (Å²) in [5.41, 5.74) is 4.58. The van der Waals surface area contributed by atoms with Crippen LogP contribution in [0.3, 0.4) is 0 Å². The second-order valence-corrected chi connectivity index (χ2v) is 10.0. The largest absolute Gasteiger partial charge is 0.495 e. The van der Waals surface area contributed by atoms with Crippen LogP contribution in [0.4, 0.5) is 5.69 Å². The third-order valence-corrected chi connectivity index (χ3v) is 7.95. The van der Waals surface area contributed by atoms with Crippen LogP contribution in [0.5, 0.6) is 11.5 Å². The van der Waals surface area contributed by atoms with Gasteiger partial charge in [-0.2, -0.15) is 0 Å². The molecule has 5 nitrogen and oxygen atoms in total. The van der Waals surface area contributed by atoms with Crippen LogP contribution < -0.4 is 14.4 Å². The zero-order valence-corrected chi connectivity index (χ0v) is 21.6. The summed E-state index contributed by atoms with van der Waals surface area (Å²) in [6.07, 6.45) is 2.47. The standard InChI is InChI=1S/C26H35Cl2N3O2/c1-18-19(2)24(33-21-9-11-29(3)12-10-21)8-6-22(18)26(28)31-15-13-30(14-16-31)20-5-7-23(27)25(17-20)32-4/h5-8,17,21,26H,9-16H2,1-4H3. The van der Waals surface area contributed by atoms with Crippen molar-refractivity contribution < 1.29 is 9.47 Å². The summed E-state index contributed by atoms with van der Waals surface area (Å²) in [4.78, 5) is 7.07. The van der Waals surface area contributed by atoms with Crippen LogP contribution in [0, 0.1) is 13.8 Å². The van der Waals surface area contributed by atoms with E-state index in [1.165, 1.54) is 16.7 Å². The highest BCUT2D eigenvalue weighted by Gasteiger charge is 2.26. The first-order valence-corrected chi connectivity index (χ1v) is 12.6. The Hall–Kier alpha value is -1.66. The van der Waals surface area contributed by atoms with E-state index in [9.17, 15) is 0 Å². The SMILES string of the molecule is COc1cc(N2CCN(C(Cl)c3ccc(OC4CCN(C)CC4)c(C)c3C)CC2)ccc1Cl. The van der Waals surface area contributed by atoms with Crippen molar-refractivity contribution in [1.29, 1.82) is 0 Å². The monoisotopic (exact) mass is 491 g/mol. The van der Waals surface area contributed by atoms with Crippen LogP contribution in [-0.4, -0.2) is 69.3 Å². The van der Waals surface area contributed by atoms with Crippen molar-refractivity contribution >= 4 is 28.9 Å². The minimum Gasteiger partial charge on any atom is -0.495 e. The number of nitrogens with zero attached hydrogens (tertiary/aromatic N) is 3. The molecule has 0 N–H and O–H groups in total. The first kappa shape index (κ1) is 24.5. The predicted octanol–water partition coefficient (Wildman–Crippen LogP) is 5.50. The molecule has 7 heteroatoms. The molecule has 0 spiro atoms. The van der Waals surface area contributed by atoms with E-state index in [0.29, 0.717) is 16.9 Å². The molecule has 2 heterocycles. The van der Waals surface area contributed by atoms with Crippen molar-refractivity contribution in [1.82, 2.24) is 9.80 Å². The van der Waals surface area contributed by atoms with E-state index >= 15 is 0 Å². The summed E-state index contributed by atoms with van der Waals surface area (Å²) in [5.74, 6) is 1.71. The molecule has 2 aromatic carbocycles. The minimum absolute atomic E-state index is 0.150. The molecule has 0 radical (unpaired) electrons. The highest BCUT2D eigenvalue weighted by atomic mass is 35.5. The number of piperazine rings is 1. The zero-order chi connectivity index (χ0) is 23.5. The summed E-state index contributed by atoms with van der Waals surface area (Å²) < 4.78 is 11.8. The van der Waals surface area contributed by atoms with Crippen molar-refractivity contribution in [3.8, 4) is 11.5 Å². The van der Waals surface area contributed by atoms with Crippen LogP contribution in [0.25, 0.3) is 0 Å². The quantitative estimate of drug-likeness (QED) is 0.393. The molecule has 2 fully saturated rings. The molecular formula is C26H35Cl2N3O2. The molecular weight excluding hydrogens is 457 g/mol. The fraction of sp³-hybridized carbons (Fsp3) is 0.538. The van der Waals surface area contributed by atoms with Gasteiger partial charge in [0.2, 0.25) is 0 Å². The van der Waals surface area contributed by atoms with E-state index in [4.69, 9.17) is 32.7 Å². The number of ether oxygens (including phenoxy) is 2. The van der Waals surface area contributed by atoms with Crippen molar-refractivity contribution in [3.05, 3.63) is 52.0 Å². The first-order valence-electron chi connectivity index (χ1n) is 11.8. The predicted molar refractivity (Wildman–Crippen MR) is 137 cm³/mol. The van der Waals surface area contributed by atoms with Crippen molar-refractivity contribution in [2.75, 3.05) is 58.3 Å². The number of piperidine rings is 1. The Bertz CT molecular complexity index is 955. The summed E-state index contributed by atoms with van der Waals surface area (Å²) in [6.45, 7) is 10.1. The third kappa shape index (κ3) is 5.54. The van der Waals surface area contributed by atoms with Gasteiger partial charge in [0, 0.05) is 51.0 Å². The molecule has 0 bridgehead atoms. The molecule has 2 saturated heterocycles. The lowest BCUT2D eigenvalue weighted by atomic mass is 10.0. The Balaban J connectivity index is 1.39. The van der Waals surface area contributed by atoms with Gasteiger partial charge in [-0.05, 0) is 68.6 Å². The maximum Gasteiger partial charge on any atom is 0.139 e. The number of hydrogen-bond acceptors (Lipinski definition) is 5. The van der Waals surface area contributed by atoms with Gasteiger partial charge in [-0.1, -0.05) is 17.7 Å². The van der Waals surface area contributed by atoms with E-state index in [0.717, 1.165) is 63.5 Å². The number of benzene rings is 2. The van der Waals surface area contributed by atoms with E-state index in [2.05, 4.69) is 53.8 Å². The number of alkyl halides is 1. The molecule has 0 saturated carbocycles. The molecule has 2 aliphatic rings. The van der Waals surface area contributed by atoms with Gasteiger partial charge in [0.25, 0.3) is 0 Å². The Morgan fingerprint density at radius 1 is 0.909 bits per heavy atom. The lowest BCUT2D eigenvalue weighted by Crippen LogP contribution is -2.46. The van der Waals surface area contributed by atoms with Gasteiger partial charge < -0.3 is 19.3 Å². The normalized spacial score (nSPS) is 19.5. The second-order valence-electron chi connectivity index (χ2n) is 9.20. The molecule has 0 aliphatic carbocycles. The molecule has 180 valence electrons. The molecule has 0 aromatic heterocycles. The number of rotatable bonds is 6. The first-order chi connectivity index (χ1) is 15.9. The van der Waals surface area contributed by atoms with Crippen LogP contribution in [0.15, 0.2) is 30.3 Å². The molecule has 1 atom stereocenters. The Morgan fingerprint density at radius 3 is 2.27 bits per heavy atom. The van der Waals surface area contributed by atoms with E-state index < -0.39 is 0 Å². The fourth-order valence-electron chi connectivity index (χ4n) is 4.73. The van der Waals surface area contributed by atoms with Gasteiger partial charge in [0.05, 0.1) is 12.1 Å². The van der Waals surface area contributed by atoms with Gasteiger partial charge in [-0.3, -0.25) is 4.90 Å². The van der Waals surface area contributed by atoms with E-state index in [1.54, 1.807) is 7.11 Å². The Morgan fingerprint density at radius 2 is 1.61 bits per heavy atom. The number of halogens is 2. The average Bonchev–Trinajstić information content (AvgIpc) is 2.83. The maximum atomic E-state index is 7.01. The van der Waals surface area contributed by atoms with Gasteiger partial charge >= 0.3 is 0 Å². The van der Waals surface area contributed by atoms with E-state index in [-0.39, 0.29) is 5.50 Å². The zero-order valence-electron chi connectivity index (χ0n) is 20.1. The van der Waals surface area contributed by atoms with Gasteiger partial charge in [0.1, 0.15) is 23.1 Å². The third-order valence-electron chi connectivity index (χ3n) is 7.13. The number of anilines is 1. The molecule has 2 aromatic rings. The highest BCUT2D eigenvalue weighted by Crippen LogP contribution is 2.35. The highest BCUT2D eigenvalue weighted by molar-refractivity contribution is 6.32. The summed E-state index contributed by atoms with van der Waals surface area (Å²) >= 11 is 13.2. The Kier molecular flexibility index (Phi) is 7.95. The van der Waals surface area contributed by atoms with Crippen LogP contribution in [0.2, 0.25) is 5.02 Å². The van der Waals surface area contributed by atoms with E-state index in [1.807, 2.05) is 12.1 Å². The summed E-state index contributed by atoms with van der Waals surface area (Å²) in [7, 11) is 3.82. The lowest BCUT2D eigenvalue weighted by molar-refractivity contribution is 0.113. The minimum atomic E-state index is -0.150. The smallest absolute Gasteiger partial charge is 0.139 e. The van der Waals surface area contributed by atoms with Gasteiger partial charge in [0.15, 0.2) is 0 Å². The molecule has 33 heavy (non-hydrogen) atoms. The topological polar surface area (TPSA) is 28.2 Å². The molecule has 0 amide bonds. The van der Waals surface area contributed by atoms with Crippen LogP contribution >= 0.6 is 23.2 Å². The average molecular weight is 492 g/mol.